The number of carbonyl (C=O) groups excluding carboxylic acids is 3. The van der Waals surface area contributed by atoms with Crippen LogP contribution in [0.2, 0.25) is 0 Å². The smallest absolute Gasteiger partial charge is 0.331 e. The monoisotopic (exact) mass is 1020 g/mol. The Balaban J connectivity index is 5.05. The predicted molar refractivity (Wildman–Crippen MR) is 324 cm³/mol. The van der Waals surface area contributed by atoms with Crippen molar-refractivity contribution in [2.24, 2.45) is 0 Å². The van der Waals surface area contributed by atoms with Crippen molar-refractivity contribution in [1.82, 2.24) is 0 Å². The van der Waals surface area contributed by atoms with E-state index in [4.69, 9.17) is 14.2 Å². The average molecular weight is 1020 g/mol. The third-order valence-corrected chi connectivity index (χ3v) is 11.1. The molecular weight excluding hydrogens is 925 g/mol. The molecule has 0 aliphatic heterocycles. The predicted octanol–water partition coefficient (Wildman–Crippen LogP) is 19.4. The van der Waals surface area contributed by atoms with Gasteiger partial charge in [-0.15, -0.1) is 0 Å². The van der Waals surface area contributed by atoms with Gasteiger partial charge in [0, 0.05) is 18.2 Å². The van der Waals surface area contributed by atoms with Gasteiger partial charge in [-0.1, -0.05) is 337 Å². The van der Waals surface area contributed by atoms with Crippen LogP contribution in [-0.4, -0.2) is 37.2 Å². The van der Waals surface area contributed by atoms with Gasteiger partial charge >= 0.3 is 17.9 Å². The Kier molecular flexibility index (Phi) is 55.2. The van der Waals surface area contributed by atoms with Gasteiger partial charge in [-0.05, 0) is 38.5 Å². The van der Waals surface area contributed by atoms with Gasteiger partial charge in [0.1, 0.15) is 13.2 Å². The lowest BCUT2D eigenvalue weighted by Gasteiger charge is -2.16. The van der Waals surface area contributed by atoms with E-state index in [-0.39, 0.29) is 13.2 Å². The molecule has 0 aliphatic carbocycles. The number of ether oxygens (including phenoxy) is 3. The lowest BCUT2D eigenvalue weighted by atomic mass is 10.1. The Labute approximate surface area is 457 Å². The molecule has 0 saturated heterocycles. The zero-order chi connectivity index (χ0) is 54.3. The van der Waals surface area contributed by atoms with Gasteiger partial charge in [-0.3, -0.25) is 0 Å². The molecule has 0 aliphatic rings. The summed E-state index contributed by atoms with van der Waals surface area (Å²) in [4.78, 5) is 37.7. The molecule has 75 heavy (non-hydrogen) atoms. The van der Waals surface area contributed by atoms with Crippen molar-refractivity contribution >= 4 is 17.9 Å². The van der Waals surface area contributed by atoms with Crippen molar-refractivity contribution in [3.05, 3.63) is 219 Å². The van der Waals surface area contributed by atoms with E-state index in [1.807, 2.05) is 109 Å². The standard InChI is InChI=1S/C69H98O6/c1-4-7-10-13-16-19-22-25-28-31-34-37-40-43-46-49-52-55-58-61-67(70)73-64-66(75-69(72)63-60-57-54-51-48-45-42-39-36-33-30-27-24-21-18-15-12-9-6-3)65-74-68(71)62-59-56-53-50-47-44-41-38-35-32-29-26-23-20-17-14-11-8-5-2/h28-63,66H,4-27,64-65H2,1-3H3. The molecule has 0 atom stereocenters. The molecule has 0 fully saturated rings. The molecule has 0 spiro atoms. The summed E-state index contributed by atoms with van der Waals surface area (Å²) in [5, 5.41) is 0. The largest absolute Gasteiger partial charge is 0.458 e. The molecule has 0 rings (SSSR count). The van der Waals surface area contributed by atoms with E-state index in [1.165, 1.54) is 153 Å². The highest BCUT2D eigenvalue weighted by Gasteiger charge is 2.17. The second-order valence-electron chi connectivity index (χ2n) is 18.0. The maximum absolute atomic E-state index is 12.7. The third kappa shape index (κ3) is 58.5. The highest BCUT2D eigenvalue weighted by atomic mass is 16.6. The van der Waals surface area contributed by atoms with Crippen molar-refractivity contribution in [1.29, 1.82) is 0 Å². The van der Waals surface area contributed by atoms with Gasteiger partial charge in [0.05, 0.1) is 0 Å². The average Bonchev–Trinajstić information content (AvgIpc) is 3.41. The van der Waals surface area contributed by atoms with Gasteiger partial charge < -0.3 is 14.2 Å². The maximum Gasteiger partial charge on any atom is 0.331 e. The Morgan fingerprint density at radius 3 is 0.747 bits per heavy atom. The fraction of sp³-hybridized carbons (Fsp3) is 0.435. The summed E-state index contributed by atoms with van der Waals surface area (Å²) in [6, 6.07) is 0. The number of rotatable bonds is 47. The summed E-state index contributed by atoms with van der Waals surface area (Å²) < 4.78 is 16.2. The fourth-order valence-corrected chi connectivity index (χ4v) is 6.89. The van der Waals surface area contributed by atoms with E-state index < -0.39 is 24.0 Å². The van der Waals surface area contributed by atoms with Crippen molar-refractivity contribution in [3.8, 4) is 0 Å². The Hall–Kier alpha value is -6.27. The third-order valence-electron chi connectivity index (χ3n) is 11.1. The minimum absolute atomic E-state index is 0.312. The molecule has 0 aromatic heterocycles. The second-order valence-corrected chi connectivity index (χ2v) is 18.0. The van der Waals surface area contributed by atoms with E-state index in [0.29, 0.717) is 0 Å². The first-order chi connectivity index (χ1) is 37.0. The van der Waals surface area contributed by atoms with Crippen LogP contribution >= 0.6 is 0 Å². The zero-order valence-electron chi connectivity index (χ0n) is 46.7. The lowest BCUT2D eigenvalue weighted by Crippen LogP contribution is -2.29. The summed E-state index contributed by atoms with van der Waals surface area (Å²) in [6.45, 7) is 6.12. The van der Waals surface area contributed by atoms with Crippen LogP contribution in [0.15, 0.2) is 219 Å². The summed E-state index contributed by atoms with van der Waals surface area (Å²) in [7, 11) is 0. The Bertz CT molecular complexity index is 1850. The molecule has 0 aromatic rings. The van der Waals surface area contributed by atoms with Crippen LogP contribution in [0.4, 0.5) is 0 Å². The SMILES string of the molecule is CCCCCCCCCC=CC=CC=CC=CC=CC=CC(=O)OCC(COC(=O)C=CC=CC=CC=CC=CC=CCCCCCCCCC)OC(=O)C=CC=CC=CC=CC=CC=CCCCCCCCCC. The lowest BCUT2D eigenvalue weighted by molar-refractivity contribution is -0.160. The van der Waals surface area contributed by atoms with Gasteiger partial charge in [0.2, 0.25) is 0 Å². The first-order valence-corrected chi connectivity index (χ1v) is 28.6. The zero-order valence-corrected chi connectivity index (χ0v) is 46.7. The van der Waals surface area contributed by atoms with Crippen molar-refractivity contribution < 1.29 is 28.6 Å². The molecule has 6 nitrogen and oxygen atoms in total. The van der Waals surface area contributed by atoms with E-state index >= 15 is 0 Å². The number of unbranched alkanes of at least 4 members (excludes halogenated alkanes) is 21. The second kappa shape index (κ2) is 60.3. The topological polar surface area (TPSA) is 78.9 Å². The van der Waals surface area contributed by atoms with E-state index in [1.54, 1.807) is 54.7 Å². The molecule has 0 heterocycles. The van der Waals surface area contributed by atoms with Crippen molar-refractivity contribution in [3.63, 3.8) is 0 Å². The molecule has 0 bridgehead atoms. The van der Waals surface area contributed by atoms with Gasteiger partial charge in [-0.25, -0.2) is 14.4 Å². The summed E-state index contributed by atoms with van der Waals surface area (Å²) in [6.07, 6.45) is 96.8. The van der Waals surface area contributed by atoms with E-state index in [0.717, 1.165) is 19.3 Å². The van der Waals surface area contributed by atoms with Crippen LogP contribution in [0.25, 0.3) is 0 Å². The van der Waals surface area contributed by atoms with Crippen LogP contribution in [0.1, 0.15) is 175 Å². The van der Waals surface area contributed by atoms with Crippen molar-refractivity contribution in [2.75, 3.05) is 13.2 Å². The molecular formula is C69H98O6. The van der Waals surface area contributed by atoms with E-state index in [2.05, 4.69) is 57.2 Å². The van der Waals surface area contributed by atoms with Gasteiger partial charge in [-0.2, -0.15) is 0 Å². The molecule has 6 heteroatoms. The molecule has 0 radical (unpaired) electrons. The van der Waals surface area contributed by atoms with Crippen LogP contribution < -0.4 is 0 Å². The Morgan fingerprint density at radius 1 is 0.267 bits per heavy atom. The summed E-state index contributed by atoms with van der Waals surface area (Å²) in [5.74, 6) is -1.96. The molecule has 0 N–H and O–H groups in total. The van der Waals surface area contributed by atoms with E-state index in [9.17, 15) is 14.4 Å². The minimum Gasteiger partial charge on any atom is -0.458 e. The number of carbonyl (C=O) groups is 3. The first-order valence-electron chi connectivity index (χ1n) is 28.6. The highest BCUT2D eigenvalue weighted by molar-refractivity contribution is 5.84. The first kappa shape index (κ1) is 68.7. The number of hydrogen-bond acceptors (Lipinski definition) is 6. The van der Waals surface area contributed by atoms with Crippen molar-refractivity contribution in [2.45, 2.75) is 181 Å². The van der Waals surface area contributed by atoms with Crippen LogP contribution in [-0.2, 0) is 28.6 Å². The molecule has 0 aromatic carbocycles. The maximum atomic E-state index is 12.7. The molecule has 0 unspecified atom stereocenters. The van der Waals surface area contributed by atoms with Gasteiger partial charge in [0.25, 0.3) is 0 Å². The highest BCUT2D eigenvalue weighted by Crippen LogP contribution is 2.11. The van der Waals surface area contributed by atoms with Crippen LogP contribution in [0.5, 0.6) is 0 Å². The molecule has 0 amide bonds. The van der Waals surface area contributed by atoms with Gasteiger partial charge in [0.15, 0.2) is 6.10 Å². The van der Waals surface area contributed by atoms with Crippen LogP contribution in [0.3, 0.4) is 0 Å². The summed E-state index contributed by atoms with van der Waals surface area (Å²) >= 11 is 0. The quantitative estimate of drug-likeness (QED) is 0.0199. The molecule has 0 saturated carbocycles. The Morgan fingerprint density at radius 2 is 0.480 bits per heavy atom. The van der Waals surface area contributed by atoms with Crippen LogP contribution in [0, 0.1) is 0 Å². The molecule has 410 valence electrons. The minimum atomic E-state index is -1.03. The fourth-order valence-electron chi connectivity index (χ4n) is 6.89. The number of allylic oxidation sites excluding steroid dienone is 33. The number of hydrogen-bond donors (Lipinski definition) is 0. The summed E-state index contributed by atoms with van der Waals surface area (Å²) in [5.41, 5.74) is 0. The number of esters is 3. The normalized spacial score (nSPS) is 13.8.